The van der Waals surface area contributed by atoms with Crippen LogP contribution in [0, 0.1) is 0 Å². The van der Waals surface area contributed by atoms with Gasteiger partial charge in [0.15, 0.2) is 0 Å². The second-order valence-electron chi connectivity index (χ2n) is 8.52. The summed E-state index contributed by atoms with van der Waals surface area (Å²) in [5.41, 5.74) is -2.56. The van der Waals surface area contributed by atoms with Gasteiger partial charge >= 0.3 is 64.3 Å². The van der Waals surface area contributed by atoms with Crippen LogP contribution in [0.2, 0.25) is 0 Å². The molecule has 18 heteroatoms. The first-order valence-corrected chi connectivity index (χ1v) is 12.6. The predicted molar refractivity (Wildman–Crippen MR) is 157 cm³/mol. The molecule has 16 nitrogen and oxygen atoms in total. The maximum Gasteiger partial charge on any atom is 3.00 e. The zero-order chi connectivity index (χ0) is 36.6. The molecule has 0 aliphatic heterocycles. The number of hydrogen-bond donors (Lipinski definition) is 2. The molecule has 252 valence electrons. The van der Waals surface area contributed by atoms with Crippen molar-refractivity contribution in [3.8, 4) is 0 Å². The van der Waals surface area contributed by atoms with Crippen molar-refractivity contribution in [2.24, 2.45) is 0 Å². The summed E-state index contributed by atoms with van der Waals surface area (Å²) in [6.45, 7) is 0. The van der Waals surface area contributed by atoms with E-state index >= 15 is 0 Å². The van der Waals surface area contributed by atoms with Gasteiger partial charge in [-0.2, -0.15) is 0 Å². The Morgan fingerprint density at radius 2 is 0.420 bits per heavy atom. The second kappa shape index (κ2) is 22.9. The number of carboxylic acids is 8. The fourth-order valence-electron chi connectivity index (χ4n) is 3.37. The molecule has 50 heavy (non-hydrogen) atoms. The van der Waals surface area contributed by atoms with Gasteiger partial charge in [0, 0.05) is 33.4 Å². The summed E-state index contributed by atoms with van der Waals surface area (Å²) in [5, 5.41) is 79.0. The van der Waals surface area contributed by atoms with Gasteiger partial charge < -0.3 is 69.6 Å². The summed E-state index contributed by atoms with van der Waals surface area (Å²) >= 11 is 0. The van der Waals surface area contributed by atoms with Gasteiger partial charge in [0.25, 0.3) is 0 Å². The molecule has 0 aromatic heterocycles. The van der Waals surface area contributed by atoms with E-state index in [1.165, 1.54) is 60.7 Å². The van der Waals surface area contributed by atoms with Crippen LogP contribution in [0.1, 0.15) is 82.9 Å². The molecule has 0 amide bonds. The third-order valence-corrected chi connectivity index (χ3v) is 5.49. The van der Waals surface area contributed by atoms with Gasteiger partial charge in [-0.25, -0.2) is 9.59 Å². The molecular weight excluding hydrogens is 1060 g/mol. The average molecular weight is 1080 g/mol. The van der Waals surface area contributed by atoms with E-state index in [1.807, 2.05) is 0 Å². The van der Waals surface area contributed by atoms with E-state index in [1.54, 1.807) is 0 Å². The quantitative estimate of drug-likeness (QED) is 0.157. The minimum atomic E-state index is -1.52. The van der Waals surface area contributed by atoms with Gasteiger partial charge in [0.2, 0.25) is 0 Å². The van der Waals surface area contributed by atoms with E-state index in [0.29, 0.717) is 0 Å². The van der Waals surface area contributed by atoms with E-state index in [0.717, 1.165) is 36.4 Å². The molecule has 4 radical (unpaired) electrons. The van der Waals surface area contributed by atoms with Crippen molar-refractivity contribution in [2.45, 2.75) is 0 Å². The van der Waals surface area contributed by atoms with Gasteiger partial charge in [-0.3, -0.25) is 0 Å². The van der Waals surface area contributed by atoms with E-state index in [4.69, 9.17) is 10.2 Å². The molecule has 4 aromatic rings. The molecule has 0 aliphatic rings. The summed E-state index contributed by atoms with van der Waals surface area (Å²) in [4.78, 5) is 82.9. The van der Waals surface area contributed by atoms with Crippen molar-refractivity contribution in [2.75, 3.05) is 0 Å². The molecule has 4 aromatic carbocycles. The largest absolute Gasteiger partial charge is 3.00 e. The van der Waals surface area contributed by atoms with Crippen LogP contribution in [0.5, 0.6) is 0 Å². The first-order valence-electron chi connectivity index (χ1n) is 12.6. The molecular formula is C32H18Bi2O16. The monoisotopic (exact) mass is 1080 g/mol. The Morgan fingerprint density at radius 3 is 0.520 bits per heavy atom. The maximum atomic E-state index is 10.5. The Morgan fingerprint density at radius 1 is 0.300 bits per heavy atom. The van der Waals surface area contributed by atoms with Crippen LogP contribution in [-0.4, -0.2) is 110 Å². The third kappa shape index (κ3) is 14.7. The molecule has 0 saturated carbocycles. The van der Waals surface area contributed by atoms with E-state index in [-0.39, 0.29) is 96.9 Å². The molecule has 0 atom stereocenters. The number of carbonyl (C=O) groups excluding carboxylic acids is 6. The van der Waals surface area contributed by atoms with Gasteiger partial charge in [-0.1, -0.05) is 84.9 Å². The van der Waals surface area contributed by atoms with Crippen LogP contribution < -0.4 is 30.6 Å². The van der Waals surface area contributed by atoms with Crippen molar-refractivity contribution >= 4 is 100 Å². The molecule has 0 unspecified atom stereocenters. The number of carboxylic acid groups (broad SMARTS) is 8. The van der Waals surface area contributed by atoms with Crippen LogP contribution in [0.4, 0.5) is 0 Å². The fourth-order valence-corrected chi connectivity index (χ4v) is 3.37. The summed E-state index contributed by atoms with van der Waals surface area (Å²) in [6, 6.07) is 20.9. The Labute approximate surface area is 319 Å². The standard InChI is InChI=1S/4C8H6O4.2Bi/c4*9-7(10)5-3-1-2-4-6(5)8(11)12;;/h4*1-4H,(H,9,10)(H,11,12);;/q;;;;2*+3/p-6. The predicted octanol–water partition coefficient (Wildman–Crippen LogP) is -4.44. The van der Waals surface area contributed by atoms with Crippen LogP contribution in [-0.2, 0) is 0 Å². The molecule has 0 heterocycles. The maximum absolute atomic E-state index is 10.5. The van der Waals surface area contributed by atoms with Crippen LogP contribution >= 0.6 is 0 Å². The van der Waals surface area contributed by atoms with Gasteiger partial charge in [-0.05, 0) is 12.1 Å². The van der Waals surface area contributed by atoms with E-state index in [9.17, 15) is 69.0 Å². The van der Waals surface area contributed by atoms with Crippen molar-refractivity contribution < 1.29 is 79.2 Å². The van der Waals surface area contributed by atoms with Crippen molar-refractivity contribution in [3.63, 3.8) is 0 Å². The zero-order valence-electron chi connectivity index (χ0n) is 24.7. The first-order chi connectivity index (χ1) is 22.5. The van der Waals surface area contributed by atoms with Crippen LogP contribution in [0.15, 0.2) is 97.1 Å². The van der Waals surface area contributed by atoms with Crippen LogP contribution in [0.3, 0.4) is 0 Å². The number of benzene rings is 4. The SMILES string of the molecule is O=C(O)c1ccccc1C(=O)O.O=C([O-])c1ccccc1C(=O)[O-].O=C([O-])c1ccccc1C(=O)[O-].O=C([O-])c1ccccc1C(=O)[O-].[Bi+3].[Bi+3]. The Hall–Kier alpha value is -5.59. The summed E-state index contributed by atoms with van der Waals surface area (Å²) in [6.07, 6.45) is 0. The number of aromatic carboxylic acids is 8. The minimum Gasteiger partial charge on any atom is -0.545 e. The normalized spacial score (nSPS) is 8.96. The van der Waals surface area contributed by atoms with Crippen LogP contribution in [0.25, 0.3) is 0 Å². The molecule has 0 aliphatic carbocycles. The minimum absolute atomic E-state index is 0. The van der Waals surface area contributed by atoms with Crippen molar-refractivity contribution in [1.82, 2.24) is 0 Å². The van der Waals surface area contributed by atoms with Gasteiger partial charge in [0.05, 0.1) is 46.9 Å². The molecule has 0 bridgehead atoms. The van der Waals surface area contributed by atoms with Crippen molar-refractivity contribution in [3.05, 3.63) is 142 Å². The molecule has 4 rings (SSSR count). The summed E-state index contributed by atoms with van der Waals surface area (Å²) in [7, 11) is 0. The first kappa shape index (κ1) is 46.5. The number of hydrogen-bond acceptors (Lipinski definition) is 14. The van der Waals surface area contributed by atoms with Gasteiger partial charge in [-0.15, -0.1) is 0 Å². The second-order valence-corrected chi connectivity index (χ2v) is 8.52. The Kier molecular flexibility index (Phi) is 21.3. The number of carbonyl (C=O) groups is 8. The molecule has 0 saturated heterocycles. The Balaban J connectivity index is 0. The summed E-state index contributed by atoms with van der Waals surface area (Å²) < 4.78 is 0. The average Bonchev–Trinajstić information content (AvgIpc) is 3.05. The topological polar surface area (TPSA) is 315 Å². The fraction of sp³-hybridized carbons (Fsp3) is 0. The smallest absolute Gasteiger partial charge is 0.545 e. The molecule has 0 spiro atoms. The Bertz CT molecular complexity index is 1470. The molecule has 2 N–H and O–H groups in total. The zero-order valence-corrected chi connectivity index (χ0v) is 31.7. The number of rotatable bonds is 8. The van der Waals surface area contributed by atoms with E-state index < -0.39 is 47.8 Å². The third-order valence-electron chi connectivity index (χ3n) is 5.49. The molecule has 0 fully saturated rings. The van der Waals surface area contributed by atoms with Crippen molar-refractivity contribution in [1.29, 1.82) is 0 Å². The summed E-state index contributed by atoms with van der Waals surface area (Å²) in [5.74, 6) is -11.6. The van der Waals surface area contributed by atoms with Gasteiger partial charge in [0.1, 0.15) is 0 Å². The van der Waals surface area contributed by atoms with E-state index in [2.05, 4.69) is 0 Å².